The average molecular weight is 194 g/mol. The Kier molecular flexibility index (Phi) is 4.32. The maximum atomic E-state index is 4.14. The van der Waals surface area contributed by atoms with Crippen LogP contribution in [0.25, 0.3) is 0 Å². The van der Waals surface area contributed by atoms with E-state index in [9.17, 15) is 0 Å². The summed E-state index contributed by atoms with van der Waals surface area (Å²) in [4.78, 5) is 8.28. The molecule has 0 unspecified atom stereocenters. The van der Waals surface area contributed by atoms with Crippen molar-refractivity contribution in [2.24, 2.45) is 0 Å². The number of hydrogen-bond acceptors (Lipinski definition) is 4. The molecule has 0 bridgehead atoms. The maximum absolute atomic E-state index is 4.14. The van der Waals surface area contributed by atoms with Crippen LogP contribution >= 0.6 is 0 Å². The van der Waals surface area contributed by atoms with Gasteiger partial charge in [-0.2, -0.15) is 0 Å². The van der Waals surface area contributed by atoms with Gasteiger partial charge in [-0.05, 0) is 13.3 Å². The van der Waals surface area contributed by atoms with E-state index in [0.717, 1.165) is 18.5 Å². The summed E-state index contributed by atoms with van der Waals surface area (Å²) in [6.45, 7) is 5.17. The minimum Gasteiger partial charge on any atom is -0.357 e. The molecule has 78 valence electrons. The number of nitrogens with one attached hydrogen (secondary N) is 2. The first-order valence-electron chi connectivity index (χ1n) is 4.98. The summed E-state index contributed by atoms with van der Waals surface area (Å²) in [7, 11) is 1.81. The van der Waals surface area contributed by atoms with Crippen LogP contribution in [0.4, 0.5) is 5.95 Å². The number of anilines is 1. The van der Waals surface area contributed by atoms with Crippen LogP contribution in [-0.2, 0) is 6.54 Å². The van der Waals surface area contributed by atoms with E-state index in [4.69, 9.17) is 0 Å². The molecule has 0 aliphatic heterocycles. The quantitative estimate of drug-likeness (QED) is 0.744. The first-order chi connectivity index (χ1) is 6.76. The number of aromatic nitrogens is 2. The van der Waals surface area contributed by atoms with Gasteiger partial charge in [-0.15, -0.1) is 0 Å². The molecule has 14 heavy (non-hydrogen) atoms. The summed E-state index contributed by atoms with van der Waals surface area (Å²) in [5, 5.41) is 6.27. The molecule has 1 aromatic heterocycles. The predicted octanol–water partition coefficient (Wildman–Crippen LogP) is 1.41. The van der Waals surface area contributed by atoms with Crippen molar-refractivity contribution < 1.29 is 0 Å². The van der Waals surface area contributed by atoms with Gasteiger partial charge in [0.2, 0.25) is 5.95 Å². The Balaban J connectivity index is 2.43. The van der Waals surface area contributed by atoms with E-state index in [1.807, 2.05) is 19.4 Å². The molecule has 0 aliphatic carbocycles. The molecule has 1 heterocycles. The second-order valence-corrected chi connectivity index (χ2v) is 3.36. The topological polar surface area (TPSA) is 49.8 Å². The zero-order valence-electron chi connectivity index (χ0n) is 9.04. The van der Waals surface area contributed by atoms with E-state index in [2.05, 4.69) is 34.4 Å². The van der Waals surface area contributed by atoms with Gasteiger partial charge in [0.1, 0.15) is 0 Å². The van der Waals surface area contributed by atoms with Gasteiger partial charge in [-0.1, -0.05) is 6.92 Å². The Morgan fingerprint density at radius 1 is 1.36 bits per heavy atom. The Labute approximate surface area is 85.2 Å². The van der Waals surface area contributed by atoms with E-state index in [-0.39, 0.29) is 0 Å². The molecule has 4 nitrogen and oxygen atoms in total. The molecule has 0 saturated carbocycles. The molecule has 1 aromatic rings. The highest BCUT2D eigenvalue weighted by Gasteiger charge is 1.99. The van der Waals surface area contributed by atoms with E-state index in [1.165, 1.54) is 0 Å². The molecular formula is C10H18N4. The highest BCUT2D eigenvalue weighted by Crippen LogP contribution is 1.99. The van der Waals surface area contributed by atoms with E-state index in [0.29, 0.717) is 12.0 Å². The SMILES string of the molecule is CC[C@H](C)NCc1cnc(NC)nc1. The lowest BCUT2D eigenvalue weighted by molar-refractivity contribution is 0.533. The summed E-state index contributed by atoms with van der Waals surface area (Å²) < 4.78 is 0. The van der Waals surface area contributed by atoms with E-state index < -0.39 is 0 Å². The lowest BCUT2D eigenvalue weighted by atomic mass is 10.2. The summed E-state index contributed by atoms with van der Waals surface area (Å²) in [6, 6.07) is 0.541. The molecule has 0 aromatic carbocycles. The van der Waals surface area contributed by atoms with Crippen LogP contribution in [0.15, 0.2) is 12.4 Å². The lowest BCUT2D eigenvalue weighted by Crippen LogP contribution is -2.24. The largest absolute Gasteiger partial charge is 0.357 e. The molecule has 2 N–H and O–H groups in total. The predicted molar refractivity (Wildman–Crippen MR) is 58.2 cm³/mol. The van der Waals surface area contributed by atoms with Crippen molar-refractivity contribution in [3.8, 4) is 0 Å². The zero-order valence-corrected chi connectivity index (χ0v) is 9.04. The van der Waals surface area contributed by atoms with Gasteiger partial charge < -0.3 is 10.6 Å². The van der Waals surface area contributed by atoms with Crippen LogP contribution in [0.1, 0.15) is 25.8 Å². The van der Waals surface area contributed by atoms with Crippen molar-refractivity contribution in [1.29, 1.82) is 0 Å². The molecule has 0 saturated heterocycles. The third-order valence-corrected chi connectivity index (χ3v) is 2.20. The number of rotatable bonds is 5. The molecular weight excluding hydrogens is 176 g/mol. The number of hydrogen-bond donors (Lipinski definition) is 2. The van der Waals surface area contributed by atoms with Crippen molar-refractivity contribution in [2.75, 3.05) is 12.4 Å². The highest BCUT2D eigenvalue weighted by atomic mass is 15.1. The molecule has 0 aliphatic rings. The van der Waals surface area contributed by atoms with Gasteiger partial charge in [-0.25, -0.2) is 9.97 Å². The summed E-state index contributed by atoms with van der Waals surface area (Å²) in [5.41, 5.74) is 1.12. The first-order valence-corrected chi connectivity index (χ1v) is 4.98. The minimum absolute atomic E-state index is 0.541. The molecule has 0 spiro atoms. The van der Waals surface area contributed by atoms with Gasteiger partial charge in [-0.3, -0.25) is 0 Å². The Morgan fingerprint density at radius 3 is 2.50 bits per heavy atom. The van der Waals surface area contributed by atoms with Crippen molar-refractivity contribution in [3.05, 3.63) is 18.0 Å². The fraction of sp³-hybridized carbons (Fsp3) is 0.600. The van der Waals surface area contributed by atoms with Gasteiger partial charge >= 0.3 is 0 Å². The van der Waals surface area contributed by atoms with Crippen molar-refractivity contribution >= 4 is 5.95 Å². The van der Waals surface area contributed by atoms with Crippen molar-refractivity contribution in [1.82, 2.24) is 15.3 Å². The Morgan fingerprint density at radius 2 is 2.00 bits per heavy atom. The van der Waals surface area contributed by atoms with E-state index >= 15 is 0 Å². The third kappa shape index (κ3) is 3.30. The summed E-state index contributed by atoms with van der Waals surface area (Å²) >= 11 is 0. The third-order valence-electron chi connectivity index (χ3n) is 2.20. The van der Waals surface area contributed by atoms with Crippen LogP contribution in [0.5, 0.6) is 0 Å². The smallest absolute Gasteiger partial charge is 0.222 e. The van der Waals surface area contributed by atoms with E-state index in [1.54, 1.807) is 0 Å². The summed E-state index contributed by atoms with van der Waals surface area (Å²) in [6.07, 6.45) is 4.82. The highest BCUT2D eigenvalue weighted by molar-refractivity contribution is 5.22. The van der Waals surface area contributed by atoms with Crippen LogP contribution in [0.3, 0.4) is 0 Å². The van der Waals surface area contributed by atoms with Crippen LogP contribution in [0.2, 0.25) is 0 Å². The Bertz CT molecular complexity index is 257. The molecule has 0 radical (unpaired) electrons. The van der Waals surface area contributed by atoms with Gasteiger partial charge in [0.25, 0.3) is 0 Å². The zero-order chi connectivity index (χ0) is 10.4. The molecule has 4 heteroatoms. The van der Waals surface area contributed by atoms with Crippen LogP contribution in [-0.4, -0.2) is 23.1 Å². The molecule has 0 amide bonds. The second kappa shape index (κ2) is 5.54. The second-order valence-electron chi connectivity index (χ2n) is 3.36. The average Bonchev–Trinajstić information content (AvgIpc) is 2.26. The monoisotopic (exact) mass is 194 g/mol. The number of nitrogens with zero attached hydrogens (tertiary/aromatic N) is 2. The van der Waals surface area contributed by atoms with Gasteiger partial charge in [0, 0.05) is 37.6 Å². The fourth-order valence-electron chi connectivity index (χ4n) is 1.01. The molecule has 0 fully saturated rings. The van der Waals surface area contributed by atoms with Crippen LogP contribution < -0.4 is 10.6 Å². The molecule has 1 atom stereocenters. The van der Waals surface area contributed by atoms with Gasteiger partial charge in [0.05, 0.1) is 0 Å². The lowest BCUT2D eigenvalue weighted by Gasteiger charge is -2.10. The van der Waals surface area contributed by atoms with Crippen LogP contribution in [0, 0.1) is 0 Å². The first kappa shape index (κ1) is 10.9. The molecule has 1 rings (SSSR count). The van der Waals surface area contributed by atoms with Gasteiger partial charge in [0.15, 0.2) is 0 Å². The standard InChI is InChI=1S/C10H18N4/c1-4-8(2)12-5-9-6-13-10(11-3)14-7-9/h6-8,12H,4-5H2,1-3H3,(H,11,13,14)/t8-/m0/s1. The summed E-state index contributed by atoms with van der Waals surface area (Å²) in [5.74, 6) is 0.664. The minimum atomic E-state index is 0.541. The van der Waals surface area contributed by atoms with Crippen molar-refractivity contribution in [2.45, 2.75) is 32.9 Å². The fourth-order valence-corrected chi connectivity index (χ4v) is 1.01. The maximum Gasteiger partial charge on any atom is 0.222 e. The normalized spacial score (nSPS) is 12.5. The Hall–Kier alpha value is -1.16. The van der Waals surface area contributed by atoms with Crippen molar-refractivity contribution in [3.63, 3.8) is 0 Å².